The van der Waals surface area contributed by atoms with Crippen LogP contribution in [0.5, 0.6) is 0 Å². The molecule has 0 spiro atoms. The molecule has 2 aromatic rings. The van der Waals surface area contributed by atoms with Crippen LogP contribution in [-0.4, -0.2) is 11.3 Å². The highest BCUT2D eigenvalue weighted by Crippen LogP contribution is 2.53. The molecule has 0 saturated heterocycles. The van der Waals surface area contributed by atoms with Crippen molar-refractivity contribution in [2.45, 2.75) is 36.5 Å². The Morgan fingerprint density at radius 3 is 2.35 bits per heavy atom. The third-order valence-corrected chi connectivity index (χ3v) is 5.29. The Kier molecular flexibility index (Phi) is 3.51. The molecule has 2 aromatic carbocycles. The molecule has 0 aliphatic carbocycles. The van der Waals surface area contributed by atoms with Gasteiger partial charge in [-0.05, 0) is 38.5 Å². The zero-order valence-corrected chi connectivity index (χ0v) is 13.2. The summed E-state index contributed by atoms with van der Waals surface area (Å²) in [6, 6.07) is 20.1. The summed E-state index contributed by atoms with van der Waals surface area (Å²) in [5, 5.41) is 0. The summed E-state index contributed by atoms with van der Waals surface area (Å²) >= 11 is 1.99. The molecular formula is C18H21NS. The summed E-state index contributed by atoms with van der Waals surface area (Å²) in [5.74, 6) is 0. The molecule has 1 unspecified atom stereocenters. The quantitative estimate of drug-likeness (QED) is 0.751. The van der Waals surface area contributed by atoms with Gasteiger partial charge in [0.15, 0.2) is 0 Å². The lowest BCUT2D eigenvalue weighted by Crippen LogP contribution is -2.43. The Hall–Kier alpha value is -1.41. The fraction of sp³-hybridized carbons (Fsp3) is 0.333. The number of benzene rings is 2. The molecule has 1 heterocycles. The monoisotopic (exact) mass is 283 g/mol. The molecule has 0 aromatic heterocycles. The number of anilines is 1. The number of para-hydroxylation sites is 1. The van der Waals surface area contributed by atoms with Gasteiger partial charge in [0.05, 0.1) is 11.7 Å². The summed E-state index contributed by atoms with van der Waals surface area (Å²) in [4.78, 5) is 3.94. The zero-order valence-electron chi connectivity index (χ0n) is 12.3. The van der Waals surface area contributed by atoms with E-state index in [1.54, 1.807) is 0 Å². The van der Waals surface area contributed by atoms with Crippen molar-refractivity contribution in [1.29, 1.82) is 0 Å². The van der Waals surface area contributed by atoms with E-state index in [4.69, 9.17) is 0 Å². The van der Waals surface area contributed by atoms with E-state index in [1.165, 1.54) is 16.1 Å². The van der Waals surface area contributed by atoms with Gasteiger partial charge in [-0.25, -0.2) is 0 Å². The van der Waals surface area contributed by atoms with Gasteiger partial charge in [0, 0.05) is 16.2 Å². The van der Waals surface area contributed by atoms with Crippen molar-refractivity contribution in [3.05, 3.63) is 60.2 Å². The van der Waals surface area contributed by atoms with Crippen molar-refractivity contribution in [3.63, 3.8) is 0 Å². The fourth-order valence-electron chi connectivity index (χ4n) is 3.20. The molecule has 0 saturated carbocycles. The zero-order chi connectivity index (χ0) is 14.2. The van der Waals surface area contributed by atoms with E-state index in [-0.39, 0.29) is 4.75 Å². The van der Waals surface area contributed by atoms with Crippen LogP contribution in [0.25, 0.3) is 0 Å². The molecule has 0 N–H and O–H groups in total. The van der Waals surface area contributed by atoms with Gasteiger partial charge in [-0.1, -0.05) is 42.5 Å². The van der Waals surface area contributed by atoms with Crippen molar-refractivity contribution in [2.75, 3.05) is 11.4 Å². The van der Waals surface area contributed by atoms with Crippen molar-refractivity contribution < 1.29 is 0 Å². The average molecular weight is 283 g/mol. The van der Waals surface area contributed by atoms with Crippen molar-refractivity contribution >= 4 is 17.4 Å². The summed E-state index contributed by atoms with van der Waals surface area (Å²) in [6.07, 6.45) is 0. The predicted octanol–water partition coefficient (Wildman–Crippen LogP) is 5.14. The maximum absolute atomic E-state index is 2.54. The first kappa shape index (κ1) is 13.6. The minimum Gasteiger partial charge on any atom is -0.362 e. The van der Waals surface area contributed by atoms with Crippen LogP contribution < -0.4 is 4.90 Å². The van der Waals surface area contributed by atoms with E-state index in [9.17, 15) is 0 Å². The topological polar surface area (TPSA) is 3.24 Å². The van der Waals surface area contributed by atoms with Gasteiger partial charge in [-0.15, -0.1) is 11.8 Å². The van der Waals surface area contributed by atoms with Gasteiger partial charge < -0.3 is 4.90 Å². The average Bonchev–Trinajstić information content (AvgIpc) is 2.45. The largest absolute Gasteiger partial charge is 0.362 e. The maximum Gasteiger partial charge on any atom is 0.0687 e. The number of hydrogen-bond donors (Lipinski definition) is 0. The second-order valence-corrected chi connectivity index (χ2v) is 7.47. The molecule has 1 aliphatic heterocycles. The first-order valence-corrected chi connectivity index (χ1v) is 8.05. The minimum absolute atomic E-state index is 0.158. The van der Waals surface area contributed by atoms with E-state index in [2.05, 4.69) is 80.3 Å². The van der Waals surface area contributed by atoms with E-state index in [1.807, 2.05) is 11.8 Å². The first-order valence-electron chi connectivity index (χ1n) is 7.23. The van der Waals surface area contributed by atoms with E-state index in [0.29, 0.717) is 6.04 Å². The minimum atomic E-state index is 0.158. The van der Waals surface area contributed by atoms with E-state index < -0.39 is 0 Å². The van der Waals surface area contributed by atoms with Crippen LogP contribution in [0.2, 0.25) is 0 Å². The predicted molar refractivity (Wildman–Crippen MR) is 88.6 cm³/mol. The SMILES string of the molecule is CCN1c2ccccc2SC(C)(C)C1c1ccccc1. The molecule has 0 bridgehead atoms. The van der Waals surface area contributed by atoms with Crippen LogP contribution in [0.1, 0.15) is 32.4 Å². The summed E-state index contributed by atoms with van der Waals surface area (Å²) in [6.45, 7) is 7.99. The summed E-state index contributed by atoms with van der Waals surface area (Å²) < 4.78 is 0.158. The van der Waals surface area contributed by atoms with Crippen LogP contribution >= 0.6 is 11.8 Å². The Morgan fingerprint density at radius 1 is 1.00 bits per heavy atom. The van der Waals surface area contributed by atoms with Crippen molar-refractivity contribution in [2.24, 2.45) is 0 Å². The molecular weight excluding hydrogens is 262 g/mol. The highest BCUT2D eigenvalue weighted by atomic mass is 32.2. The summed E-state index contributed by atoms with van der Waals surface area (Å²) in [5.41, 5.74) is 2.77. The van der Waals surface area contributed by atoms with Gasteiger partial charge in [-0.3, -0.25) is 0 Å². The molecule has 0 radical (unpaired) electrons. The molecule has 1 atom stereocenters. The molecule has 0 amide bonds. The number of nitrogens with zero attached hydrogens (tertiary/aromatic N) is 1. The van der Waals surface area contributed by atoms with Crippen LogP contribution in [0.15, 0.2) is 59.5 Å². The molecule has 1 nitrogen and oxygen atoms in total. The van der Waals surface area contributed by atoms with Gasteiger partial charge in [0.25, 0.3) is 0 Å². The summed E-state index contributed by atoms with van der Waals surface area (Å²) in [7, 11) is 0. The molecule has 3 rings (SSSR count). The third kappa shape index (κ3) is 2.22. The van der Waals surface area contributed by atoms with Crippen molar-refractivity contribution in [3.8, 4) is 0 Å². The Bertz CT molecular complexity index is 591. The van der Waals surface area contributed by atoms with Crippen LogP contribution in [0.3, 0.4) is 0 Å². The Balaban J connectivity index is 2.13. The Labute approximate surface area is 126 Å². The lowest BCUT2D eigenvalue weighted by Gasteiger charge is -2.47. The smallest absolute Gasteiger partial charge is 0.0687 e. The second-order valence-electron chi connectivity index (χ2n) is 5.77. The number of thioether (sulfide) groups is 1. The molecule has 2 heteroatoms. The lowest BCUT2D eigenvalue weighted by atomic mass is 9.92. The van der Waals surface area contributed by atoms with Gasteiger partial charge >= 0.3 is 0 Å². The molecule has 0 fully saturated rings. The fourth-order valence-corrected chi connectivity index (χ4v) is 4.58. The highest BCUT2D eigenvalue weighted by molar-refractivity contribution is 8.01. The van der Waals surface area contributed by atoms with E-state index >= 15 is 0 Å². The first-order chi connectivity index (χ1) is 9.63. The Morgan fingerprint density at radius 2 is 1.65 bits per heavy atom. The second kappa shape index (κ2) is 5.17. The van der Waals surface area contributed by atoms with Crippen molar-refractivity contribution in [1.82, 2.24) is 0 Å². The molecule has 104 valence electrons. The number of hydrogen-bond acceptors (Lipinski definition) is 2. The molecule has 1 aliphatic rings. The standard InChI is InChI=1S/C18H21NS/c1-4-19-15-12-8-9-13-16(15)20-18(2,3)17(19)14-10-6-5-7-11-14/h5-13,17H,4H2,1-3H3. The van der Waals surface area contributed by atoms with Gasteiger partial charge in [0.1, 0.15) is 0 Å². The normalized spacial score (nSPS) is 20.6. The maximum atomic E-state index is 2.54. The van der Waals surface area contributed by atoms with Gasteiger partial charge in [0.2, 0.25) is 0 Å². The lowest BCUT2D eigenvalue weighted by molar-refractivity contribution is 0.505. The van der Waals surface area contributed by atoms with Crippen LogP contribution in [0, 0.1) is 0 Å². The molecule has 20 heavy (non-hydrogen) atoms. The van der Waals surface area contributed by atoms with Gasteiger partial charge in [-0.2, -0.15) is 0 Å². The van der Waals surface area contributed by atoms with Crippen LogP contribution in [-0.2, 0) is 0 Å². The number of rotatable bonds is 2. The van der Waals surface area contributed by atoms with Crippen LogP contribution in [0.4, 0.5) is 5.69 Å². The van der Waals surface area contributed by atoms with E-state index in [0.717, 1.165) is 6.54 Å². The highest BCUT2D eigenvalue weighted by Gasteiger charge is 2.40. The number of fused-ring (bicyclic) bond motifs is 1. The third-order valence-electron chi connectivity index (χ3n) is 3.97.